The minimum Gasteiger partial charge on any atom is -0.462 e. The van der Waals surface area contributed by atoms with Crippen molar-refractivity contribution >= 4 is 17.9 Å². The van der Waals surface area contributed by atoms with Crippen LogP contribution in [0.25, 0.3) is 0 Å². The topological polar surface area (TPSA) is 78.9 Å². The molecular weight excluding hydrogens is 829 g/mol. The second-order valence-corrected chi connectivity index (χ2v) is 19.6. The molecule has 0 aliphatic rings. The van der Waals surface area contributed by atoms with E-state index in [1.54, 1.807) is 0 Å². The van der Waals surface area contributed by atoms with Gasteiger partial charge in [-0.25, -0.2) is 0 Å². The Balaban J connectivity index is 4.34. The normalized spacial score (nSPS) is 12.3. The van der Waals surface area contributed by atoms with Crippen LogP contribution in [-0.2, 0) is 28.6 Å². The van der Waals surface area contributed by atoms with Crippen LogP contribution in [0, 0.1) is 0 Å². The van der Waals surface area contributed by atoms with Gasteiger partial charge in [0, 0.05) is 19.3 Å². The van der Waals surface area contributed by atoms with Gasteiger partial charge in [-0.15, -0.1) is 0 Å². The van der Waals surface area contributed by atoms with Gasteiger partial charge in [-0.05, 0) is 70.6 Å². The van der Waals surface area contributed by atoms with Gasteiger partial charge in [0.15, 0.2) is 6.10 Å². The molecule has 0 aromatic rings. The summed E-state index contributed by atoms with van der Waals surface area (Å²) < 4.78 is 16.9. The first-order chi connectivity index (χ1) is 33.0. The van der Waals surface area contributed by atoms with Gasteiger partial charge < -0.3 is 14.2 Å². The number of hydrogen-bond donors (Lipinski definition) is 0. The van der Waals surface area contributed by atoms with Crippen molar-refractivity contribution in [2.45, 2.75) is 309 Å². The highest BCUT2D eigenvalue weighted by Gasteiger charge is 2.19. The van der Waals surface area contributed by atoms with Crippen molar-refractivity contribution in [3.63, 3.8) is 0 Å². The molecule has 6 heteroatoms. The van der Waals surface area contributed by atoms with E-state index in [0.29, 0.717) is 19.3 Å². The lowest BCUT2D eigenvalue weighted by atomic mass is 10.0. The van der Waals surface area contributed by atoms with Crippen molar-refractivity contribution in [3.8, 4) is 0 Å². The van der Waals surface area contributed by atoms with Gasteiger partial charge >= 0.3 is 17.9 Å². The summed E-state index contributed by atoms with van der Waals surface area (Å²) in [5.74, 6) is -0.870. The lowest BCUT2D eigenvalue weighted by Gasteiger charge is -2.18. The number of allylic oxidation sites excluding steroid dienone is 8. The molecule has 0 N–H and O–H groups in total. The van der Waals surface area contributed by atoms with Crippen LogP contribution < -0.4 is 0 Å². The molecule has 0 radical (unpaired) electrons. The van der Waals surface area contributed by atoms with Crippen LogP contribution in [-0.4, -0.2) is 37.2 Å². The van der Waals surface area contributed by atoms with Crippen LogP contribution in [0.2, 0.25) is 0 Å². The van der Waals surface area contributed by atoms with Crippen molar-refractivity contribution in [2.75, 3.05) is 13.2 Å². The average molecular weight is 940 g/mol. The fourth-order valence-electron chi connectivity index (χ4n) is 8.47. The number of ether oxygens (including phenoxy) is 3. The standard InChI is InChI=1S/C61H110O6/c1-4-7-10-13-16-19-22-25-28-30-31-32-34-36-39-42-45-48-51-54-60(63)66-57-58(56-65-59(62)53-50-47-44-41-38-35-27-24-21-18-15-12-9-6-3)67-61(64)55-52-49-46-43-40-37-33-29-26-23-20-17-14-11-8-5-2/h9,12,16,18-19,21-22,25,58H,4-8,10-11,13-15,17,20,23-24,26-57H2,1-3H3/b12-9-,19-16-,21-18-,25-22-. The second kappa shape index (κ2) is 56.0. The third kappa shape index (κ3) is 54.2. The van der Waals surface area contributed by atoms with Gasteiger partial charge in [-0.3, -0.25) is 14.4 Å². The quantitative estimate of drug-likeness (QED) is 0.0199. The van der Waals surface area contributed by atoms with Gasteiger partial charge in [-0.2, -0.15) is 0 Å². The Morgan fingerprint density at radius 1 is 0.328 bits per heavy atom. The summed E-state index contributed by atoms with van der Waals surface area (Å²) in [5, 5.41) is 0. The van der Waals surface area contributed by atoms with E-state index in [1.165, 1.54) is 186 Å². The van der Waals surface area contributed by atoms with Gasteiger partial charge in [-0.1, -0.05) is 262 Å². The molecule has 6 nitrogen and oxygen atoms in total. The Kier molecular flexibility index (Phi) is 53.8. The van der Waals surface area contributed by atoms with Crippen LogP contribution in [0.5, 0.6) is 0 Å². The maximum atomic E-state index is 12.9. The van der Waals surface area contributed by atoms with Crippen LogP contribution in [0.1, 0.15) is 303 Å². The summed E-state index contributed by atoms with van der Waals surface area (Å²) in [6, 6.07) is 0. The highest BCUT2D eigenvalue weighted by Crippen LogP contribution is 2.17. The molecule has 0 bridgehead atoms. The Labute approximate surface area is 416 Å². The summed E-state index contributed by atoms with van der Waals surface area (Å²) in [6.45, 7) is 6.54. The Hall–Kier alpha value is -2.63. The van der Waals surface area contributed by atoms with Crippen LogP contribution >= 0.6 is 0 Å². The summed E-state index contributed by atoms with van der Waals surface area (Å²) >= 11 is 0. The van der Waals surface area contributed by atoms with Crippen molar-refractivity contribution in [2.24, 2.45) is 0 Å². The Bertz CT molecular complexity index is 1170. The number of carbonyl (C=O) groups excluding carboxylic acids is 3. The van der Waals surface area contributed by atoms with E-state index in [-0.39, 0.29) is 31.1 Å². The number of hydrogen-bond acceptors (Lipinski definition) is 6. The van der Waals surface area contributed by atoms with Crippen molar-refractivity contribution in [1.29, 1.82) is 0 Å². The molecule has 0 heterocycles. The molecule has 0 spiro atoms. The van der Waals surface area contributed by atoms with Gasteiger partial charge in [0.25, 0.3) is 0 Å². The number of unbranched alkanes of at least 4 members (excludes halogenated alkanes) is 35. The van der Waals surface area contributed by atoms with Crippen molar-refractivity contribution in [3.05, 3.63) is 48.6 Å². The zero-order valence-electron chi connectivity index (χ0n) is 44.7. The first-order valence-electron chi connectivity index (χ1n) is 29.2. The fourth-order valence-corrected chi connectivity index (χ4v) is 8.47. The monoisotopic (exact) mass is 939 g/mol. The van der Waals surface area contributed by atoms with E-state index in [4.69, 9.17) is 14.2 Å². The molecular formula is C61H110O6. The molecule has 0 aromatic heterocycles. The molecule has 0 aliphatic carbocycles. The van der Waals surface area contributed by atoms with E-state index >= 15 is 0 Å². The third-order valence-electron chi connectivity index (χ3n) is 12.8. The second-order valence-electron chi connectivity index (χ2n) is 19.6. The highest BCUT2D eigenvalue weighted by atomic mass is 16.6. The molecule has 0 aliphatic heterocycles. The van der Waals surface area contributed by atoms with E-state index < -0.39 is 6.10 Å². The number of carbonyl (C=O) groups is 3. The molecule has 1 atom stereocenters. The van der Waals surface area contributed by atoms with Crippen molar-refractivity contribution in [1.82, 2.24) is 0 Å². The number of esters is 3. The van der Waals surface area contributed by atoms with E-state index in [1.807, 2.05) is 0 Å². The molecule has 390 valence electrons. The molecule has 0 aromatic carbocycles. The van der Waals surface area contributed by atoms with E-state index in [0.717, 1.165) is 77.0 Å². The smallest absolute Gasteiger partial charge is 0.306 e. The molecule has 0 saturated carbocycles. The molecule has 0 rings (SSSR count). The van der Waals surface area contributed by atoms with E-state index in [9.17, 15) is 14.4 Å². The third-order valence-corrected chi connectivity index (χ3v) is 12.8. The van der Waals surface area contributed by atoms with Gasteiger partial charge in [0.2, 0.25) is 0 Å². The Morgan fingerprint density at radius 2 is 0.627 bits per heavy atom. The average Bonchev–Trinajstić information content (AvgIpc) is 3.33. The Morgan fingerprint density at radius 3 is 1.01 bits per heavy atom. The fraction of sp³-hybridized carbons (Fsp3) is 0.820. The molecule has 0 fully saturated rings. The van der Waals surface area contributed by atoms with Crippen LogP contribution in [0.15, 0.2) is 48.6 Å². The minimum atomic E-state index is -0.775. The van der Waals surface area contributed by atoms with Crippen molar-refractivity contribution < 1.29 is 28.6 Å². The minimum absolute atomic E-state index is 0.0744. The van der Waals surface area contributed by atoms with Gasteiger partial charge in [0.1, 0.15) is 13.2 Å². The predicted molar refractivity (Wildman–Crippen MR) is 289 cm³/mol. The molecule has 1 unspecified atom stereocenters. The lowest BCUT2D eigenvalue weighted by molar-refractivity contribution is -0.167. The maximum absolute atomic E-state index is 12.9. The van der Waals surface area contributed by atoms with Crippen LogP contribution in [0.3, 0.4) is 0 Å². The lowest BCUT2D eigenvalue weighted by Crippen LogP contribution is -2.30. The maximum Gasteiger partial charge on any atom is 0.306 e. The van der Waals surface area contributed by atoms with E-state index in [2.05, 4.69) is 69.4 Å². The summed E-state index contributed by atoms with van der Waals surface area (Å²) in [7, 11) is 0. The first kappa shape index (κ1) is 64.4. The number of rotatable bonds is 53. The highest BCUT2D eigenvalue weighted by molar-refractivity contribution is 5.71. The molecule has 67 heavy (non-hydrogen) atoms. The SMILES string of the molecule is CC/C=C\C/C=C\CCCCCCCCCC(=O)OCC(COC(=O)CCCCCCCCCCCC/C=C\C=C/CCCCC)OC(=O)CCCCCCCCCCCCCCCCCC. The zero-order valence-corrected chi connectivity index (χ0v) is 44.7. The largest absolute Gasteiger partial charge is 0.462 e. The molecule has 0 amide bonds. The van der Waals surface area contributed by atoms with Gasteiger partial charge in [0.05, 0.1) is 0 Å². The van der Waals surface area contributed by atoms with Crippen LogP contribution in [0.4, 0.5) is 0 Å². The summed E-state index contributed by atoms with van der Waals surface area (Å²) in [4.78, 5) is 38.2. The zero-order chi connectivity index (χ0) is 48.6. The summed E-state index contributed by atoms with van der Waals surface area (Å²) in [5.41, 5.74) is 0. The summed E-state index contributed by atoms with van der Waals surface area (Å²) in [6.07, 6.45) is 68.1. The first-order valence-corrected chi connectivity index (χ1v) is 29.2. The molecule has 0 saturated heterocycles. The predicted octanol–water partition coefficient (Wildman–Crippen LogP) is 19.4.